The molecule has 1 aliphatic rings. The van der Waals surface area contributed by atoms with Gasteiger partial charge in [-0.15, -0.1) is 0 Å². The minimum absolute atomic E-state index is 0.257. The number of allylic oxidation sites excluding steroid dienone is 1. The molecule has 0 atom stereocenters. The molecule has 0 aliphatic carbocycles. The van der Waals surface area contributed by atoms with Crippen molar-refractivity contribution >= 4 is 52.9 Å². The number of aryl methyl sites for hydroxylation is 2. The molecule has 0 spiro atoms. The molecule has 2 aromatic carbocycles. The zero-order chi connectivity index (χ0) is 42.0. The summed E-state index contributed by atoms with van der Waals surface area (Å²) in [5.74, 6) is 0.816. The van der Waals surface area contributed by atoms with E-state index in [0.717, 1.165) is 42.3 Å². The van der Waals surface area contributed by atoms with Gasteiger partial charge in [0, 0.05) is 50.9 Å². The summed E-state index contributed by atoms with van der Waals surface area (Å²) in [4.78, 5) is 51.7. The summed E-state index contributed by atoms with van der Waals surface area (Å²) in [6, 6.07) is 10.3. The normalized spacial score (nSPS) is 12.2. The van der Waals surface area contributed by atoms with Gasteiger partial charge in [-0.2, -0.15) is 5.10 Å². The number of nitrogens with zero attached hydrogens (tertiary/aromatic N) is 5. The van der Waals surface area contributed by atoms with Crippen molar-refractivity contribution in [1.29, 1.82) is 0 Å². The van der Waals surface area contributed by atoms with Crippen LogP contribution >= 0.6 is 0 Å². The molecule has 3 heterocycles. The lowest BCUT2D eigenvalue weighted by Crippen LogP contribution is -2.51. The highest BCUT2D eigenvalue weighted by Crippen LogP contribution is 2.33. The molecule has 0 saturated carbocycles. The summed E-state index contributed by atoms with van der Waals surface area (Å²) >= 11 is 0. The Morgan fingerprint density at radius 1 is 1.04 bits per heavy atom. The van der Waals surface area contributed by atoms with E-state index in [1.807, 2.05) is 71.3 Å². The van der Waals surface area contributed by atoms with E-state index in [1.165, 1.54) is 13.1 Å². The standard InChI is InChI=1S/C30H39N7O5.C7H10N2O.C2H6.CH5N/c1-30(2,3)42-29(40)36-16-20(17-36)9-12-41-25-15-21(27(32)39)14-22(31)26(25)34-10-5-6-11-37-24-8-7-19(18-38)13-23(24)35-28(37)33-4;1-3-9-7(5-10)4-6(2)8-9;2*1-2/h5-8,13-15,18,20,34H,9-12,16-17,31H2,1-4H3,(H2,32,39)(H,33,35);4-5H,3H2,1-2H3;1-2H3;2H2,1H3/b6-5+;;;. The Hall–Kier alpha value is -5.90. The van der Waals surface area contributed by atoms with Gasteiger partial charge in [0.25, 0.3) is 0 Å². The van der Waals surface area contributed by atoms with Crippen molar-refractivity contribution in [1.82, 2.24) is 24.2 Å². The average Bonchev–Trinajstić information content (AvgIpc) is 3.72. The van der Waals surface area contributed by atoms with E-state index in [4.69, 9.17) is 20.9 Å². The van der Waals surface area contributed by atoms with Crippen molar-refractivity contribution in [2.75, 3.05) is 56.7 Å². The largest absolute Gasteiger partial charge is 0.491 e. The van der Waals surface area contributed by atoms with Gasteiger partial charge in [-0.1, -0.05) is 26.0 Å². The van der Waals surface area contributed by atoms with Gasteiger partial charge in [0.15, 0.2) is 6.29 Å². The second kappa shape index (κ2) is 22.5. The molecule has 4 aromatic rings. The summed E-state index contributed by atoms with van der Waals surface area (Å²) in [5.41, 5.74) is 20.7. The lowest BCUT2D eigenvalue weighted by molar-refractivity contribution is -0.00383. The SMILES string of the molecule is CC.CCn1nc(C)cc1C=O.CN.CNc1nc2cc(C=O)ccc2n1C/C=C/CNc1c(N)cc(C(N)=O)cc1OCCC1CN(C(=O)OC(C)(C)C)C1. The Morgan fingerprint density at radius 3 is 2.30 bits per heavy atom. The smallest absolute Gasteiger partial charge is 0.410 e. The van der Waals surface area contributed by atoms with Gasteiger partial charge in [-0.05, 0) is 90.4 Å². The van der Waals surface area contributed by atoms with Crippen LogP contribution < -0.4 is 32.6 Å². The highest BCUT2D eigenvalue weighted by molar-refractivity contribution is 5.96. The van der Waals surface area contributed by atoms with Crippen molar-refractivity contribution in [3.63, 3.8) is 0 Å². The number of ether oxygens (including phenoxy) is 2. The molecule has 1 aliphatic heterocycles. The Bertz CT molecular complexity index is 1920. The van der Waals surface area contributed by atoms with Crippen LogP contribution in [0.1, 0.15) is 84.9 Å². The molecule has 5 rings (SSSR count). The molecule has 306 valence electrons. The van der Waals surface area contributed by atoms with Gasteiger partial charge in [-0.3, -0.25) is 19.1 Å². The average molecular weight is 777 g/mol. The quantitative estimate of drug-likeness (QED) is 0.0608. The number of fused-ring (bicyclic) bond motifs is 1. The molecule has 56 heavy (non-hydrogen) atoms. The van der Waals surface area contributed by atoms with Crippen LogP contribution in [0.4, 0.5) is 22.1 Å². The number of carbonyl (C=O) groups is 4. The Morgan fingerprint density at radius 2 is 1.73 bits per heavy atom. The van der Waals surface area contributed by atoms with Crippen LogP contribution in [0.25, 0.3) is 11.0 Å². The van der Waals surface area contributed by atoms with E-state index in [0.29, 0.717) is 73.0 Å². The van der Waals surface area contributed by atoms with Gasteiger partial charge < -0.3 is 46.8 Å². The summed E-state index contributed by atoms with van der Waals surface area (Å²) in [6.45, 7) is 16.7. The maximum absolute atomic E-state index is 12.2. The molecule has 8 N–H and O–H groups in total. The Labute approximate surface area is 329 Å². The third-order valence-corrected chi connectivity index (χ3v) is 8.15. The number of anilines is 3. The van der Waals surface area contributed by atoms with Crippen molar-refractivity contribution in [2.45, 2.75) is 73.6 Å². The van der Waals surface area contributed by atoms with Gasteiger partial charge >= 0.3 is 6.09 Å². The number of aldehydes is 2. The molecule has 16 heteroatoms. The monoisotopic (exact) mass is 776 g/mol. The number of hydrogen-bond acceptors (Lipinski definition) is 12. The van der Waals surface area contributed by atoms with Crippen molar-refractivity contribution in [3.05, 3.63) is 71.1 Å². The van der Waals surface area contributed by atoms with E-state index in [2.05, 4.69) is 26.4 Å². The van der Waals surface area contributed by atoms with Crippen LogP contribution in [0.15, 0.2) is 48.6 Å². The second-order valence-electron chi connectivity index (χ2n) is 13.3. The zero-order valence-electron chi connectivity index (χ0n) is 34.2. The van der Waals surface area contributed by atoms with Crippen molar-refractivity contribution in [2.24, 2.45) is 17.4 Å². The van der Waals surface area contributed by atoms with Gasteiger partial charge in [0.2, 0.25) is 11.9 Å². The first-order valence-electron chi connectivity index (χ1n) is 18.7. The number of hydrogen-bond donors (Lipinski definition) is 5. The fourth-order valence-electron chi connectivity index (χ4n) is 5.58. The number of aromatic nitrogens is 4. The number of nitrogens with one attached hydrogen (secondary N) is 2. The van der Waals surface area contributed by atoms with Crippen LogP contribution in [0.5, 0.6) is 5.75 Å². The molecule has 2 amide bonds. The highest BCUT2D eigenvalue weighted by Gasteiger charge is 2.33. The minimum Gasteiger partial charge on any atom is -0.491 e. The Kier molecular flexibility index (Phi) is 18.6. The first-order valence-corrected chi connectivity index (χ1v) is 18.7. The predicted molar refractivity (Wildman–Crippen MR) is 223 cm³/mol. The fraction of sp³-hybridized carbons (Fsp3) is 0.450. The van der Waals surface area contributed by atoms with Crippen LogP contribution in [-0.2, 0) is 17.8 Å². The summed E-state index contributed by atoms with van der Waals surface area (Å²) in [6.07, 6.45) is 5.98. The molecular weight excluding hydrogens is 717 g/mol. The lowest BCUT2D eigenvalue weighted by atomic mass is 9.97. The molecule has 0 radical (unpaired) electrons. The van der Waals surface area contributed by atoms with E-state index in [1.54, 1.807) is 40.9 Å². The van der Waals surface area contributed by atoms with Crippen LogP contribution in [-0.4, -0.2) is 94.7 Å². The van der Waals surface area contributed by atoms with E-state index < -0.39 is 11.5 Å². The summed E-state index contributed by atoms with van der Waals surface area (Å²) in [5, 5.41) is 10.5. The van der Waals surface area contributed by atoms with Crippen molar-refractivity contribution < 1.29 is 28.7 Å². The van der Waals surface area contributed by atoms with E-state index >= 15 is 0 Å². The van der Waals surface area contributed by atoms with Gasteiger partial charge in [0.1, 0.15) is 29.0 Å². The lowest BCUT2D eigenvalue weighted by Gasteiger charge is -2.39. The highest BCUT2D eigenvalue weighted by atomic mass is 16.6. The molecular formula is C40H60N10O6. The third-order valence-electron chi connectivity index (χ3n) is 8.15. The molecule has 16 nitrogen and oxygen atoms in total. The number of carbonyl (C=O) groups excluding carboxylic acids is 4. The molecule has 0 unspecified atom stereocenters. The molecule has 1 fully saturated rings. The number of rotatable bonds is 14. The maximum atomic E-state index is 12.2. The number of nitrogen functional groups attached to an aromatic ring is 1. The van der Waals surface area contributed by atoms with Gasteiger partial charge in [0.05, 0.1) is 29.0 Å². The van der Waals surface area contributed by atoms with Gasteiger partial charge in [-0.25, -0.2) is 9.78 Å². The number of nitrogens with two attached hydrogens (primary N) is 3. The molecule has 1 saturated heterocycles. The summed E-state index contributed by atoms with van der Waals surface area (Å²) in [7, 11) is 3.30. The van der Waals surface area contributed by atoms with Crippen molar-refractivity contribution in [3.8, 4) is 5.75 Å². The fourth-order valence-corrected chi connectivity index (χ4v) is 5.58. The second-order valence-corrected chi connectivity index (χ2v) is 13.3. The van der Waals surface area contributed by atoms with E-state index in [9.17, 15) is 19.2 Å². The predicted octanol–water partition coefficient (Wildman–Crippen LogP) is 5.50. The number of primary amides is 1. The van der Waals surface area contributed by atoms with Crippen LogP contribution in [0.2, 0.25) is 0 Å². The topological polar surface area (TPSA) is 228 Å². The van der Waals surface area contributed by atoms with Crippen LogP contribution in [0.3, 0.4) is 0 Å². The Balaban J connectivity index is 0.000000659. The number of imidazole rings is 1. The third kappa shape index (κ3) is 13.1. The van der Waals surface area contributed by atoms with Crippen LogP contribution in [0, 0.1) is 12.8 Å². The first kappa shape index (κ1) is 46.3. The zero-order valence-corrected chi connectivity index (χ0v) is 34.2. The minimum atomic E-state index is -0.599. The number of benzene rings is 2. The maximum Gasteiger partial charge on any atom is 0.410 e. The number of likely N-dealkylation sites (tertiary alicyclic amines) is 1. The molecule has 2 aromatic heterocycles. The summed E-state index contributed by atoms with van der Waals surface area (Å²) < 4.78 is 15.2. The number of amides is 2. The van der Waals surface area contributed by atoms with E-state index in [-0.39, 0.29) is 11.7 Å². The molecule has 0 bridgehead atoms. The first-order chi connectivity index (χ1) is 26.8.